The van der Waals surface area contributed by atoms with Crippen LogP contribution >= 0.6 is 0 Å². The average Bonchev–Trinajstić information content (AvgIpc) is 3.55. The lowest BCUT2D eigenvalue weighted by atomic mass is 9.96. The minimum absolute atomic E-state index is 0.0495. The normalized spacial score (nSPS) is 20.4. The number of halogens is 2. The topological polar surface area (TPSA) is 103 Å². The number of aliphatic hydroxyl groups is 1. The maximum atomic E-state index is 13.3. The number of benzene rings is 1. The second-order valence-corrected chi connectivity index (χ2v) is 9.30. The van der Waals surface area contributed by atoms with Crippen molar-refractivity contribution in [2.45, 2.75) is 31.2 Å². The molecule has 0 saturated carbocycles. The van der Waals surface area contributed by atoms with Crippen LogP contribution in [0.1, 0.15) is 52.0 Å². The molecule has 3 atom stereocenters. The molecule has 1 N–H and O–H groups in total. The molecule has 6 rings (SSSR count). The van der Waals surface area contributed by atoms with Gasteiger partial charge in [-0.2, -0.15) is 8.78 Å². The fraction of sp³-hybridized carbons (Fsp3) is 0.308. The highest BCUT2D eigenvalue weighted by atomic mass is 19.3. The van der Waals surface area contributed by atoms with E-state index in [0.717, 1.165) is 5.82 Å². The zero-order valence-corrected chi connectivity index (χ0v) is 20.0. The number of hydrogen-bond donors (Lipinski definition) is 1. The van der Waals surface area contributed by atoms with E-state index in [4.69, 9.17) is 19.4 Å². The number of fused-ring (bicyclic) bond motifs is 4. The van der Waals surface area contributed by atoms with Crippen molar-refractivity contribution >= 4 is 17.5 Å². The molecular weight excluding hydrogens is 484 g/mol. The second kappa shape index (κ2) is 8.86. The molecule has 190 valence electrons. The number of pyridine rings is 2. The van der Waals surface area contributed by atoms with Crippen molar-refractivity contribution in [3.05, 3.63) is 65.2 Å². The average molecular weight is 507 g/mol. The molecule has 4 aromatic rings. The van der Waals surface area contributed by atoms with Crippen molar-refractivity contribution in [3.8, 4) is 22.8 Å². The van der Waals surface area contributed by atoms with Crippen LogP contribution in [0.4, 0.5) is 8.78 Å². The third-order valence-corrected chi connectivity index (χ3v) is 6.91. The fourth-order valence-electron chi connectivity index (χ4n) is 5.23. The number of carbonyl (C=O) groups excluding carboxylic acids is 1. The molecule has 3 unspecified atom stereocenters. The highest BCUT2D eigenvalue weighted by Gasteiger charge is 2.39. The van der Waals surface area contributed by atoms with Crippen molar-refractivity contribution in [2.24, 2.45) is 0 Å². The predicted octanol–water partition coefficient (Wildman–Crippen LogP) is 3.93. The predicted molar refractivity (Wildman–Crippen MR) is 129 cm³/mol. The van der Waals surface area contributed by atoms with Crippen molar-refractivity contribution in [1.29, 1.82) is 0 Å². The SMILES string of the molecule is CN(C)C1CC(c2c(C=O)cccc2OC(F)F)n2c1nc1ccc(-c3cnc4c(c3)OCC4O)nc12. The van der Waals surface area contributed by atoms with Gasteiger partial charge in [0.1, 0.15) is 41.2 Å². The number of hydrogen-bond acceptors (Lipinski definition) is 8. The molecule has 0 amide bonds. The molecule has 2 aliphatic heterocycles. The van der Waals surface area contributed by atoms with Gasteiger partial charge in [-0.05, 0) is 44.8 Å². The van der Waals surface area contributed by atoms with Crippen LogP contribution in [-0.2, 0) is 0 Å². The molecule has 9 nitrogen and oxygen atoms in total. The summed E-state index contributed by atoms with van der Waals surface area (Å²) in [7, 11) is 3.84. The fourth-order valence-corrected chi connectivity index (χ4v) is 5.23. The third-order valence-electron chi connectivity index (χ3n) is 6.91. The zero-order chi connectivity index (χ0) is 25.8. The molecule has 1 aromatic carbocycles. The van der Waals surface area contributed by atoms with E-state index in [0.29, 0.717) is 52.1 Å². The third kappa shape index (κ3) is 3.82. The Bertz CT molecular complexity index is 1520. The molecule has 11 heteroatoms. The highest BCUT2D eigenvalue weighted by molar-refractivity contribution is 5.81. The number of imidazole rings is 1. The maximum absolute atomic E-state index is 13.3. The number of aromatic nitrogens is 4. The first-order valence-electron chi connectivity index (χ1n) is 11.7. The van der Waals surface area contributed by atoms with Gasteiger partial charge < -0.3 is 19.1 Å². The lowest BCUT2D eigenvalue weighted by molar-refractivity contribution is -0.0507. The molecule has 5 heterocycles. The Balaban J connectivity index is 1.53. The summed E-state index contributed by atoms with van der Waals surface area (Å²) in [5.41, 5.74) is 3.61. The van der Waals surface area contributed by atoms with Gasteiger partial charge in [0.05, 0.1) is 17.8 Å². The number of rotatable bonds is 6. The van der Waals surface area contributed by atoms with E-state index in [1.807, 2.05) is 35.7 Å². The molecule has 0 aliphatic carbocycles. The quantitative estimate of drug-likeness (QED) is 0.392. The molecule has 3 aromatic heterocycles. The van der Waals surface area contributed by atoms with Gasteiger partial charge in [-0.1, -0.05) is 12.1 Å². The lowest BCUT2D eigenvalue weighted by Crippen LogP contribution is -2.18. The first-order chi connectivity index (χ1) is 17.9. The Kier molecular flexibility index (Phi) is 5.61. The molecule has 37 heavy (non-hydrogen) atoms. The van der Waals surface area contributed by atoms with E-state index in [1.54, 1.807) is 18.3 Å². The lowest BCUT2D eigenvalue weighted by Gasteiger charge is -2.21. The maximum Gasteiger partial charge on any atom is 0.387 e. The van der Waals surface area contributed by atoms with E-state index >= 15 is 0 Å². The van der Waals surface area contributed by atoms with Crippen LogP contribution in [0.5, 0.6) is 11.5 Å². The summed E-state index contributed by atoms with van der Waals surface area (Å²) in [6.45, 7) is -2.88. The molecule has 0 fully saturated rings. The van der Waals surface area contributed by atoms with Crippen LogP contribution in [0.15, 0.2) is 42.6 Å². The monoisotopic (exact) mass is 507 g/mol. The van der Waals surface area contributed by atoms with Crippen LogP contribution in [0.25, 0.3) is 22.4 Å². The zero-order valence-electron chi connectivity index (χ0n) is 20.0. The second-order valence-electron chi connectivity index (χ2n) is 9.30. The minimum atomic E-state index is -3.04. The van der Waals surface area contributed by atoms with Gasteiger partial charge >= 0.3 is 6.61 Å². The first kappa shape index (κ1) is 23.4. The van der Waals surface area contributed by atoms with E-state index in [9.17, 15) is 18.7 Å². The summed E-state index contributed by atoms with van der Waals surface area (Å²) < 4.78 is 38.9. The Labute approximate surface area is 210 Å². The highest BCUT2D eigenvalue weighted by Crippen LogP contribution is 2.46. The summed E-state index contributed by atoms with van der Waals surface area (Å²) in [6.07, 6.45) is 2.01. The number of alkyl halides is 2. The molecule has 0 bridgehead atoms. The summed E-state index contributed by atoms with van der Waals surface area (Å²) in [6, 6.07) is 9.35. The number of nitrogens with zero attached hydrogens (tertiary/aromatic N) is 5. The Morgan fingerprint density at radius 2 is 2.08 bits per heavy atom. The van der Waals surface area contributed by atoms with Gasteiger partial charge in [0.2, 0.25) is 0 Å². The van der Waals surface area contributed by atoms with Crippen LogP contribution in [0.3, 0.4) is 0 Å². The van der Waals surface area contributed by atoms with Crippen molar-refractivity contribution < 1.29 is 28.2 Å². The summed E-state index contributed by atoms with van der Waals surface area (Å²) in [5.74, 6) is 1.17. The Hall–Kier alpha value is -3.96. The Morgan fingerprint density at radius 3 is 2.84 bits per heavy atom. The van der Waals surface area contributed by atoms with Gasteiger partial charge in [0, 0.05) is 22.9 Å². The van der Waals surface area contributed by atoms with Crippen LogP contribution in [0, 0.1) is 0 Å². The number of aldehydes is 1. The van der Waals surface area contributed by atoms with Crippen LogP contribution in [0.2, 0.25) is 0 Å². The van der Waals surface area contributed by atoms with E-state index in [2.05, 4.69) is 4.98 Å². The van der Waals surface area contributed by atoms with Crippen molar-refractivity contribution in [2.75, 3.05) is 20.7 Å². The Morgan fingerprint density at radius 1 is 1.24 bits per heavy atom. The van der Waals surface area contributed by atoms with E-state index in [-0.39, 0.29) is 24.0 Å². The standard InChI is InChI=1S/C26H23F2N5O4/c1-32(2)18-9-17(22-13(11-34)4-3-5-20(22)37-26(27)28)33-24-16(31-25(18)33)7-6-15(30-24)14-8-21-23(29-10-14)19(35)12-36-21/h3-8,10-11,17-19,26,35H,9,12H2,1-2H3. The molecule has 0 radical (unpaired) electrons. The van der Waals surface area contributed by atoms with Gasteiger partial charge in [0.15, 0.2) is 11.9 Å². The van der Waals surface area contributed by atoms with Crippen molar-refractivity contribution in [3.63, 3.8) is 0 Å². The number of aliphatic hydroxyl groups excluding tert-OH is 1. The molecule has 0 spiro atoms. The minimum Gasteiger partial charge on any atom is -0.488 e. The molecular formula is C26H23F2N5O4. The number of carbonyl (C=O) groups is 1. The van der Waals surface area contributed by atoms with Gasteiger partial charge in [-0.15, -0.1) is 0 Å². The van der Waals surface area contributed by atoms with Gasteiger partial charge in [0.25, 0.3) is 0 Å². The molecule has 0 saturated heterocycles. The smallest absolute Gasteiger partial charge is 0.387 e. The molecule has 2 aliphatic rings. The summed E-state index contributed by atoms with van der Waals surface area (Å²) in [4.78, 5) is 28.0. The van der Waals surface area contributed by atoms with Gasteiger partial charge in [-0.25, -0.2) is 9.97 Å². The van der Waals surface area contributed by atoms with Crippen LogP contribution < -0.4 is 9.47 Å². The summed E-state index contributed by atoms with van der Waals surface area (Å²) >= 11 is 0. The number of ether oxygens (including phenoxy) is 2. The van der Waals surface area contributed by atoms with Crippen molar-refractivity contribution in [1.82, 2.24) is 24.4 Å². The van der Waals surface area contributed by atoms with E-state index < -0.39 is 18.8 Å². The van der Waals surface area contributed by atoms with Gasteiger partial charge in [-0.3, -0.25) is 14.7 Å². The largest absolute Gasteiger partial charge is 0.488 e. The summed E-state index contributed by atoms with van der Waals surface area (Å²) in [5, 5.41) is 9.99. The van der Waals surface area contributed by atoms with Crippen LogP contribution in [-0.4, -0.2) is 63.1 Å². The first-order valence-corrected chi connectivity index (χ1v) is 11.7. The van der Waals surface area contributed by atoms with E-state index in [1.165, 1.54) is 12.1 Å².